The van der Waals surface area contributed by atoms with Crippen LogP contribution in [0.4, 0.5) is 0 Å². The van der Waals surface area contributed by atoms with Gasteiger partial charge in [0.25, 0.3) is 0 Å². The number of hydrogen-bond acceptors (Lipinski definition) is 5. The summed E-state index contributed by atoms with van der Waals surface area (Å²) in [4.78, 5) is 8.06. The molecule has 0 aliphatic heterocycles. The lowest BCUT2D eigenvalue weighted by molar-refractivity contribution is 0.764. The topological polar surface area (TPSA) is 56.5 Å². The van der Waals surface area contributed by atoms with Crippen LogP contribution in [0.3, 0.4) is 0 Å². The highest BCUT2D eigenvalue weighted by atomic mass is 35.5. The van der Waals surface area contributed by atoms with Gasteiger partial charge in [0, 0.05) is 18.8 Å². The van der Waals surface area contributed by atoms with Crippen molar-refractivity contribution >= 4 is 23.4 Å². The van der Waals surface area contributed by atoms with Gasteiger partial charge in [-0.15, -0.1) is 10.2 Å². The van der Waals surface area contributed by atoms with Crippen molar-refractivity contribution in [2.24, 2.45) is 7.05 Å². The minimum absolute atomic E-state index is 0.243. The molecule has 0 fully saturated rings. The highest BCUT2D eigenvalue weighted by Crippen LogP contribution is 2.27. The molecule has 0 bridgehead atoms. The van der Waals surface area contributed by atoms with Crippen LogP contribution in [-0.4, -0.2) is 24.7 Å². The SMILES string of the molecule is Cc1cnc(Cl)nc1Sc1nnc(C)n1C. The Morgan fingerprint density at radius 2 is 2.06 bits per heavy atom. The summed E-state index contributed by atoms with van der Waals surface area (Å²) < 4.78 is 1.90. The van der Waals surface area contributed by atoms with E-state index in [1.807, 2.05) is 25.5 Å². The van der Waals surface area contributed by atoms with Gasteiger partial charge in [-0.3, -0.25) is 0 Å². The van der Waals surface area contributed by atoms with E-state index in [4.69, 9.17) is 11.6 Å². The van der Waals surface area contributed by atoms with Crippen LogP contribution >= 0.6 is 23.4 Å². The first kappa shape index (κ1) is 11.3. The summed E-state index contributed by atoms with van der Waals surface area (Å²) in [5, 5.41) is 9.87. The molecule has 0 N–H and O–H groups in total. The first-order chi connectivity index (χ1) is 7.58. The van der Waals surface area contributed by atoms with Gasteiger partial charge in [0.05, 0.1) is 0 Å². The molecule has 2 heterocycles. The van der Waals surface area contributed by atoms with Crippen LogP contribution in [0, 0.1) is 13.8 Å². The van der Waals surface area contributed by atoms with Crippen LogP contribution in [0.2, 0.25) is 5.28 Å². The van der Waals surface area contributed by atoms with Gasteiger partial charge in [-0.05, 0) is 37.2 Å². The average Bonchev–Trinajstić information content (AvgIpc) is 2.55. The van der Waals surface area contributed by atoms with E-state index in [1.54, 1.807) is 6.20 Å². The lowest BCUT2D eigenvalue weighted by atomic mass is 10.4. The summed E-state index contributed by atoms with van der Waals surface area (Å²) in [5.74, 6) is 0.861. The molecule has 5 nitrogen and oxygen atoms in total. The van der Waals surface area contributed by atoms with Gasteiger partial charge in [-0.1, -0.05) is 0 Å². The predicted molar refractivity (Wildman–Crippen MR) is 61.6 cm³/mol. The number of aromatic nitrogens is 5. The van der Waals surface area contributed by atoms with Crippen molar-refractivity contribution in [3.63, 3.8) is 0 Å². The number of rotatable bonds is 2. The van der Waals surface area contributed by atoms with Crippen molar-refractivity contribution in [2.45, 2.75) is 24.0 Å². The van der Waals surface area contributed by atoms with Crippen molar-refractivity contribution < 1.29 is 0 Å². The monoisotopic (exact) mass is 255 g/mol. The van der Waals surface area contributed by atoms with Crippen LogP contribution in [0.15, 0.2) is 16.4 Å². The highest BCUT2D eigenvalue weighted by molar-refractivity contribution is 7.99. The van der Waals surface area contributed by atoms with Crippen LogP contribution in [0.25, 0.3) is 0 Å². The molecular weight excluding hydrogens is 246 g/mol. The summed E-state index contributed by atoms with van der Waals surface area (Å²) in [5.41, 5.74) is 0.968. The fraction of sp³-hybridized carbons (Fsp3) is 0.333. The third kappa shape index (κ3) is 2.17. The van der Waals surface area contributed by atoms with Gasteiger partial charge in [0.1, 0.15) is 10.9 Å². The Morgan fingerprint density at radius 3 is 2.69 bits per heavy atom. The molecule has 0 aliphatic rings. The first-order valence-corrected chi connectivity index (χ1v) is 5.80. The number of nitrogens with zero attached hydrogens (tertiary/aromatic N) is 5. The molecule has 0 saturated carbocycles. The summed E-state index contributed by atoms with van der Waals surface area (Å²) in [6.45, 7) is 3.83. The zero-order valence-electron chi connectivity index (χ0n) is 9.10. The van der Waals surface area contributed by atoms with Crippen molar-refractivity contribution in [3.8, 4) is 0 Å². The molecule has 2 rings (SSSR count). The summed E-state index contributed by atoms with van der Waals surface area (Å²) in [7, 11) is 1.91. The normalized spacial score (nSPS) is 10.8. The van der Waals surface area contributed by atoms with E-state index in [-0.39, 0.29) is 5.28 Å². The zero-order chi connectivity index (χ0) is 11.7. The third-order valence-electron chi connectivity index (χ3n) is 2.14. The van der Waals surface area contributed by atoms with E-state index in [9.17, 15) is 0 Å². The molecule has 0 radical (unpaired) electrons. The van der Waals surface area contributed by atoms with Gasteiger partial charge in [0.2, 0.25) is 5.28 Å². The molecule has 2 aromatic heterocycles. The Kier molecular flexibility index (Phi) is 3.11. The van der Waals surface area contributed by atoms with Crippen LogP contribution in [0.1, 0.15) is 11.4 Å². The van der Waals surface area contributed by atoms with Crippen molar-refractivity contribution in [1.82, 2.24) is 24.7 Å². The van der Waals surface area contributed by atoms with Gasteiger partial charge >= 0.3 is 0 Å². The standard InChI is InChI=1S/C9H10ClN5S/c1-5-4-11-8(10)12-7(5)16-9-14-13-6(2)15(9)3/h4H,1-3H3. The zero-order valence-corrected chi connectivity index (χ0v) is 10.7. The van der Waals surface area contributed by atoms with Crippen molar-refractivity contribution in [3.05, 3.63) is 22.9 Å². The van der Waals surface area contributed by atoms with E-state index < -0.39 is 0 Å². The second-order valence-corrected chi connectivity index (χ2v) is 4.61. The van der Waals surface area contributed by atoms with E-state index in [2.05, 4.69) is 20.2 Å². The van der Waals surface area contributed by atoms with Crippen LogP contribution in [0.5, 0.6) is 0 Å². The third-order valence-corrected chi connectivity index (χ3v) is 3.46. The van der Waals surface area contributed by atoms with E-state index >= 15 is 0 Å². The summed E-state index contributed by atoms with van der Waals surface area (Å²) >= 11 is 7.18. The molecule has 0 saturated heterocycles. The Morgan fingerprint density at radius 1 is 1.31 bits per heavy atom. The maximum atomic E-state index is 5.75. The Balaban J connectivity index is 2.33. The van der Waals surface area contributed by atoms with Crippen molar-refractivity contribution in [1.29, 1.82) is 0 Å². The minimum atomic E-state index is 0.243. The lowest BCUT2D eigenvalue weighted by Crippen LogP contribution is -1.95. The second kappa shape index (κ2) is 4.39. The molecule has 2 aromatic rings. The first-order valence-electron chi connectivity index (χ1n) is 4.61. The smallest absolute Gasteiger partial charge is 0.223 e. The predicted octanol–water partition coefficient (Wildman–Crippen LogP) is 2.03. The number of halogens is 1. The van der Waals surface area contributed by atoms with Crippen molar-refractivity contribution in [2.75, 3.05) is 0 Å². The largest absolute Gasteiger partial charge is 0.309 e. The molecule has 0 amide bonds. The van der Waals surface area contributed by atoms with Gasteiger partial charge in [-0.25, -0.2) is 9.97 Å². The fourth-order valence-corrected chi connectivity index (χ4v) is 2.13. The van der Waals surface area contributed by atoms with Crippen LogP contribution < -0.4 is 0 Å². The Bertz CT molecular complexity index is 525. The summed E-state index contributed by atoms with van der Waals surface area (Å²) in [6, 6.07) is 0. The van der Waals surface area contributed by atoms with Gasteiger partial charge < -0.3 is 4.57 Å². The minimum Gasteiger partial charge on any atom is -0.309 e. The molecule has 84 valence electrons. The lowest BCUT2D eigenvalue weighted by Gasteiger charge is -2.03. The van der Waals surface area contributed by atoms with E-state index in [0.717, 1.165) is 21.6 Å². The summed E-state index contributed by atoms with van der Waals surface area (Å²) in [6.07, 6.45) is 1.70. The van der Waals surface area contributed by atoms with Crippen LogP contribution in [-0.2, 0) is 7.05 Å². The molecule has 16 heavy (non-hydrogen) atoms. The van der Waals surface area contributed by atoms with E-state index in [0.29, 0.717) is 0 Å². The fourth-order valence-electron chi connectivity index (χ4n) is 1.07. The second-order valence-electron chi connectivity index (χ2n) is 3.32. The maximum Gasteiger partial charge on any atom is 0.223 e. The highest BCUT2D eigenvalue weighted by Gasteiger charge is 2.10. The molecular formula is C9H10ClN5S. The molecule has 0 aliphatic carbocycles. The maximum absolute atomic E-state index is 5.75. The molecule has 0 atom stereocenters. The Hall–Kier alpha value is -1.14. The number of hydrogen-bond donors (Lipinski definition) is 0. The Labute approximate surface area is 102 Å². The molecule has 7 heteroatoms. The quantitative estimate of drug-likeness (QED) is 0.607. The molecule has 0 spiro atoms. The average molecular weight is 256 g/mol. The van der Waals surface area contributed by atoms with Gasteiger partial charge in [-0.2, -0.15) is 0 Å². The molecule has 0 aromatic carbocycles. The molecule has 0 unspecified atom stereocenters. The van der Waals surface area contributed by atoms with Gasteiger partial charge in [0.15, 0.2) is 5.16 Å². The van der Waals surface area contributed by atoms with E-state index in [1.165, 1.54) is 11.8 Å². The number of aryl methyl sites for hydroxylation is 2.